The molecule has 1 amide bonds. The molecule has 0 fully saturated rings. The molecule has 2 N–H and O–H groups in total. The van der Waals surface area contributed by atoms with Gasteiger partial charge in [0.15, 0.2) is 5.69 Å². The molecule has 1 aromatic carbocycles. The Morgan fingerprint density at radius 3 is 2.50 bits per heavy atom. The maximum Gasteiger partial charge on any atom is 0.303 e. The lowest BCUT2D eigenvalue weighted by atomic mass is 10.1. The van der Waals surface area contributed by atoms with Gasteiger partial charge in [-0.25, -0.2) is 4.68 Å². The van der Waals surface area contributed by atoms with Gasteiger partial charge in [-0.3, -0.25) is 14.4 Å². The number of carbonyl (C=O) groups is 2. The van der Waals surface area contributed by atoms with Crippen LogP contribution in [0, 0.1) is 5.92 Å². The van der Waals surface area contributed by atoms with Crippen LogP contribution in [0.25, 0.3) is 10.8 Å². The number of aromatic nitrogens is 2. The molecule has 7 nitrogen and oxygen atoms in total. The van der Waals surface area contributed by atoms with Crippen molar-refractivity contribution in [3.05, 3.63) is 40.3 Å². The van der Waals surface area contributed by atoms with Gasteiger partial charge in [0, 0.05) is 24.9 Å². The summed E-state index contributed by atoms with van der Waals surface area (Å²) >= 11 is 0. The van der Waals surface area contributed by atoms with Crippen LogP contribution in [0.3, 0.4) is 0 Å². The number of amides is 1. The normalized spacial score (nSPS) is 11.0. The van der Waals surface area contributed by atoms with Crippen LogP contribution in [0.2, 0.25) is 0 Å². The van der Waals surface area contributed by atoms with E-state index in [9.17, 15) is 14.4 Å². The Labute approximate surface area is 152 Å². The zero-order valence-corrected chi connectivity index (χ0v) is 15.2. The molecule has 0 saturated heterocycles. The maximum atomic E-state index is 12.6. The number of carboxylic acids is 1. The SMILES string of the molecule is CC(C)Cn1nc(C(=O)NCCCCCC(=O)O)c2ccccc2c1=O. The molecule has 2 aromatic rings. The monoisotopic (exact) mass is 359 g/mol. The van der Waals surface area contributed by atoms with Crippen molar-refractivity contribution in [3.8, 4) is 0 Å². The number of carboxylic acid groups (broad SMARTS) is 1. The van der Waals surface area contributed by atoms with Crippen molar-refractivity contribution in [1.29, 1.82) is 0 Å². The number of hydrogen-bond donors (Lipinski definition) is 2. The number of aliphatic carboxylic acids is 1. The van der Waals surface area contributed by atoms with Gasteiger partial charge in [-0.1, -0.05) is 38.5 Å². The molecule has 140 valence electrons. The second-order valence-corrected chi connectivity index (χ2v) is 6.74. The lowest BCUT2D eigenvalue weighted by Crippen LogP contribution is -2.32. The van der Waals surface area contributed by atoms with Crippen LogP contribution in [0.15, 0.2) is 29.1 Å². The first-order valence-electron chi connectivity index (χ1n) is 8.90. The van der Waals surface area contributed by atoms with Crippen LogP contribution in [0.1, 0.15) is 50.0 Å². The van der Waals surface area contributed by atoms with Crippen LogP contribution in [-0.2, 0) is 11.3 Å². The summed E-state index contributed by atoms with van der Waals surface area (Å²) < 4.78 is 1.36. The van der Waals surface area contributed by atoms with Crippen LogP contribution in [0.5, 0.6) is 0 Å². The predicted molar refractivity (Wildman–Crippen MR) is 99.3 cm³/mol. The summed E-state index contributed by atoms with van der Waals surface area (Å²) in [6.07, 6.45) is 2.15. The van der Waals surface area contributed by atoms with Gasteiger partial charge < -0.3 is 10.4 Å². The van der Waals surface area contributed by atoms with E-state index >= 15 is 0 Å². The van der Waals surface area contributed by atoms with Gasteiger partial charge in [-0.2, -0.15) is 5.10 Å². The zero-order chi connectivity index (χ0) is 19.1. The average Bonchev–Trinajstić information content (AvgIpc) is 2.59. The molecular weight excluding hydrogens is 334 g/mol. The van der Waals surface area contributed by atoms with Gasteiger partial charge in [-0.15, -0.1) is 0 Å². The van der Waals surface area contributed by atoms with Crippen LogP contribution in [0.4, 0.5) is 0 Å². The minimum Gasteiger partial charge on any atom is -0.481 e. The summed E-state index contributed by atoms with van der Waals surface area (Å²) in [5.74, 6) is -0.902. The zero-order valence-electron chi connectivity index (χ0n) is 15.2. The molecule has 0 atom stereocenters. The third-order valence-electron chi connectivity index (χ3n) is 3.97. The number of unbranched alkanes of at least 4 members (excludes halogenated alkanes) is 2. The number of rotatable bonds is 9. The average molecular weight is 359 g/mol. The molecule has 0 aliphatic rings. The molecule has 0 saturated carbocycles. The van der Waals surface area contributed by atoms with E-state index in [2.05, 4.69) is 10.4 Å². The highest BCUT2D eigenvalue weighted by Crippen LogP contribution is 2.14. The Morgan fingerprint density at radius 1 is 1.15 bits per heavy atom. The van der Waals surface area contributed by atoms with Crippen LogP contribution in [-0.4, -0.2) is 33.3 Å². The van der Waals surface area contributed by atoms with E-state index in [1.807, 2.05) is 13.8 Å². The van der Waals surface area contributed by atoms with E-state index in [4.69, 9.17) is 5.11 Å². The largest absolute Gasteiger partial charge is 0.481 e. The molecule has 0 unspecified atom stereocenters. The smallest absolute Gasteiger partial charge is 0.303 e. The Morgan fingerprint density at radius 2 is 1.85 bits per heavy atom. The molecule has 2 rings (SSSR count). The van der Waals surface area contributed by atoms with Gasteiger partial charge >= 0.3 is 5.97 Å². The van der Waals surface area contributed by atoms with Gasteiger partial charge in [0.2, 0.25) is 0 Å². The quantitative estimate of drug-likeness (QED) is 0.670. The van der Waals surface area contributed by atoms with Crippen molar-refractivity contribution in [2.24, 2.45) is 5.92 Å². The van der Waals surface area contributed by atoms with Crippen LogP contribution < -0.4 is 10.9 Å². The molecule has 1 heterocycles. The van der Waals surface area contributed by atoms with Crippen molar-refractivity contribution in [2.45, 2.75) is 46.1 Å². The minimum atomic E-state index is -0.808. The first kappa shape index (κ1) is 19.6. The second kappa shape index (κ2) is 9.12. The summed E-state index contributed by atoms with van der Waals surface area (Å²) in [6.45, 7) is 4.86. The maximum absolute atomic E-state index is 12.6. The van der Waals surface area contributed by atoms with Crippen molar-refractivity contribution < 1.29 is 14.7 Å². The minimum absolute atomic E-state index is 0.139. The Balaban J connectivity index is 2.14. The van der Waals surface area contributed by atoms with Gasteiger partial charge in [0.1, 0.15) is 0 Å². The van der Waals surface area contributed by atoms with Gasteiger partial charge in [0.05, 0.1) is 5.39 Å². The summed E-state index contributed by atoms with van der Waals surface area (Å²) in [6, 6.07) is 6.98. The number of hydrogen-bond acceptors (Lipinski definition) is 4. The number of carbonyl (C=O) groups excluding carboxylic acids is 1. The van der Waals surface area contributed by atoms with E-state index in [1.165, 1.54) is 4.68 Å². The highest BCUT2D eigenvalue weighted by Gasteiger charge is 2.16. The Bertz CT molecular complexity index is 842. The molecule has 0 spiro atoms. The van der Waals surface area contributed by atoms with E-state index < -0.39 is 5.97 Å². The van der Waals surface area contributed by atoms with Crippen LogP contribution >= 0.6 is 0 Å². The number of nitrogens with zero attached hydrogens (tertiary/aromatic N) is 2. The van der Waals surface area contributed by atoms with Crippen molar-refractivity contribution in [1.82, 2.24) is 15.1 Å². The summed E-state index contributed by atoms with van der Waals surface area (Å²) in [7, 11) is 0. The molecule has 0 radical (unpaired) electrons. The third-order valence-corrected chi connectivity index (χ3v) is 3.97. The molecule has 0 aliphatic carbocycles. The number of fused-ring (bicyclic) bond motifs is 1. The standard InChI is InChI=1S/C19H25N3O4/c1-13(2)12-22-19(26)15-9-6-5-8-14(15)17(21-22)18(25)20-11-7-3-4-10-16(23)24/h5-6,8-9,13H,3-4,7,10-12H2,1-2H3,(H,20,25)(H,23,24). The van der Waals surface area contributed by atoms with Crippen molar-refractivity contribution in [2.75, 3.05) is 6.54 Å². The van der Waals surface area contributed by atoms with E-state index in [-0.39, 0.29) is 29.5 Å². The van der Waals surface area contributed by atoms with E-state index in [0.29, 0.717) is 36.7 Å². The second-order valence-electron chi connectivity index (χ2n) is 6.74. The summed E-state index contributed by atoms with van der Waals surface area (Å²) in [4.78, 5) is 35.6. The third kappa shape index (κ3) is 5.15. The molecule has 7 heteroatoms. The Kier molecular flexibility index (Phi) is 6.89. The summed E-state index contributed by atoms with van der Waals surface area (Å²) in [5, 5.41) is 16.7. The fraction of sp³-hybridized carbons (Fsp3) is 0.474. The fourth-order valence-electron chi connectivity index (χ4n) is 2.74. The Hall–Kier alpha value is -2.70. The molecule has 0 bridgehead atoms. The highest BCUT2D eigenvalue weighted by molar-refractivity contribution is 6.04. The topological polar surface area (TPSA) is 101 Å². The molecular formula is C19H25N3O4. The summed E-state index contributed by atoms with van der Waals surface area (Å²) in [5.41, 5.74) is 0.0471. The predicted octanol–water partition coefficient (Wildman–Crippen LogP) is 2.43. The molecule has 26 heavy (non-hydrogen) atoms. The van der Waals surface area contributed by atoms with E-state index in [0.717, 1.165) is 6.42 Å². The number of benzene rings is 1. The fourth-order valence-corrected chi connectivity index (χ4v) is 2.74. The molecule has 0 aliphatic heterocycles. The van der Waals surface area contributed by atoms with E-state index in [1.54, 1.807) is 24.3 Å². The first-order chi connectivity index (χ1) is 12.4. The van der Waals surface area contributed by atoms with Crippen molar-refractivity contribution >= 4 is 22.6 Å². The lowest BCUT2D eigenvalue weighted by Gasteiger charge is -2.12. The molecule has 1 aromatic heterocycles. The lowest BCUT2D eigenvalue weighted by molar-refractivity contribution is -0.137. The van der Waals surface area contributed by atoms with Crippen molar-refractivity contribution in [3.63, 3.8) is 0 Å². The van der Waals surface area contributed by atoms with Gasteiger partial charge in [0.25, 0.3) is 11.5 Å². The highest BCUT2D eigenvalue weighted by atomic mass is 16.4. The first-order valence-corrected chi connectivity index (χ1v) is 8.90. The van der Waals surface area contributed by atoms with Gasteiger partial charge in [-0.05, 0) is 24.8 Å². The number of nitrogens with one attached hydrogen (secondary N) is 1.